The lowest BCUT2D eigenvalue weighted by atomic mass is 10.5. The van der Waals surface area contributed by atoms with Crippen molar-refractivity contribution in [1.29, 1.82) is 0 Å². The molecule has 0 N–H and O–H groups in total. The predicted molar refractivity (Wildman–Crippen MR) is 70.8 cm³/mol. The number of halogens is 1. The van der Waals surface area contributed by atoms with Gasteiger partial charge >= 0.3 is 0 Å². The molecule has 0 rings (SSSR count). The Kier molecular flexibility index (Phi) is 12.0. The molecule has 0 aliphatic heterocycles. The summed E-state index contributed by atoms with van der Waals surface area (Å²) in [6, 6.07) is 0. The maximum Gasteiger partial charge on any atom is 0.0588 e. The van der Waals surface area contributed by atoms with Gasteiger partial charge in [0.2, 0.25) is 0 Å². The van der Waals surface area contributed by atoms with Crippen LogP contribution in [0.1, 0.15) is 20.8 Å². The van der Waals surface area contributed by atoms with Gasteiger partial charge in [-0.2, -0.15) is 0 Å². The molecular weight excluding hydrogens is 287 g/mol. The van der Waals surface area contributed by atoms with E-state index in [4.69, 9.17) is 0 Å². The van der Waals surface area contributed by atoms with Crippen LogP contribution in [0.4, 0.5) is 0 Å². The minimum atomic E-state index is 1.01. The summed E-state index contributed by atoms with van der Waals surface area (Å²) in [7, 11) is 7.02. The third kappa shape index (κ3) is 7.36. The number of rotatable bonds is 1. The summed E-state index contributed by atoms with van der Waals surface area (Å²) in [5.74, 6) is 0. The minimum absolute atomic E-state index is 1.01. The SMILES string of the molecule is CC.CN=C(P)/C(P)=C(\C)I. The Morgan fingerprint density at radius 1 is 1.27 bits per heavy atom. The first-order valence-corrected chi connectivity index (χ1v) is 5.67. The molecule has 0 aromatic carbocycles. The van der Waals surface area contributed by atoms with E-state index in [1.165, 1.54) is 8.89 Å². The Morgan fingerprint density at radius 3 is 1.73 bits per heavy atom. The van der Waals surface area contributed by atoms with Crippen molar-refractivity contribution in [3.63, 3.8) is 0 Å². The van der Waals surface area contributed by atoms with Crippen molar-refractivity contribution in [3.8, 4) is 0 Å². The molecule has 0 saturated heterocycles. The third-order valence-electron chi connectivity index (χ3n) is 0.888. The van der Waals surface area contributed by atoms with E-state index < -0.39 is 0 Å². The summed E-state index contributed by atoms with van der Waals surface area (Å²) in [6.07, 6.45) is 0. The second kappa shape index (κ2) is 9.09. The summed E-state index contributed by atoms with van der Waals surface area (Å²) in [5.41, 5.74) is 1.01. The predicted octanol–water partition coefficient (Wildman–Crippen LogP) is 3.46. The Labute approximate surface area is 88.1 Å². The molecule has 0 bridgehead atoms. The lowest BCUT2D eigenvalue weighted by molar-refractivity contribution is 1.46. The maximum atomic E-state index is 4.01. The minimum Gasteiger partial charge on any atom is -0.288 e. The molecule has 11 heavy (non-hydrogen) atoms. The normalized spacial score (nSPS) is 13.2. The number of hydrogen-bond donors (Lipinski definition) is 0. The third-order valence-corrected chi connectivity index (χ3v) is 3.69. The zero-order chi connectivity index (χ0) is 9.44. The van der Waals surface area contributed by atoms with Crippen molar-refractivity contribution in [2.24, 2.45) is 4.99 Å². The van der Waals surface area contributed by atoms with E-state index in [2.05, 4.69) is 53.0 Å². The summed E-state index contributed by atoms with van der Waals surface area (Å²) in [5, 5.41) is 1.17. The number of nitrogens with zero attached hydrogens (tertiary/aromatic N) is 1. The van der Waals surface area contributed by atoms with Gasteiger partial charge in [0.05, 0.1) is 5.45 Å². The molecule has 4 heteroatoms. The van der Waals surface area contributed by atoms with Crippen molar-refractivity contribution in [2.45, 2.75) is 20.8 Å². The van der Waals surface area contributed by atoms with E-state index >= 15 is 0 Å². The van der Waals surface area contributed by atoms with Crippen molar-refractivity contribution in [2.75, 3.05) is 7.05 Å². The molecule has 2 unspecified atom stereocenters. The van der Waals surface area contributed by atoms with Crippen LogP contribution in [-0.2, 0) is 0 Å². The van der Waals surface area contributed by atoms with E-state index in [-0.39, 0.29) is 0 Å². The lowest BCUT2D eigenvalue weighted by Gasteiger charge is -1.98. The second-order valence-electron chi connectivity index (χ2n) is 1.56. The zero-order valence-corrected chi connectivity index (χ0v) is 11.9. The number of hydrogen-bond acceptors (Lipinski definition) is 1. The Morgan fingerprint density at radius 2 is 1.64 bits per heavy atom. The van der Waals surface area contributed by atoms with Crippen LogP contribution >= 0.6 is 41.1 Å². The van der Waals surface area contributed by atoms with Crippen LogP contribution in [0.2, 0.25) is 0 Å². The first kappa shape index (κ1) is 14.5. The Balaban J connectivity index is 0. The molecule has 66 valence electrons. The van der Waals surface area contributed by atoms with Gasteiger partial charge in [-0.05, 0) is 33.1 Å². The standard InChI is InChI=1S/C5H10INP2.C2H6/c1-3(6)4(8)5(9)7-2;1-2/h8-9H2,1-2H3;1-2H3/b4-3-,7-5?;. The van der Waals surface area contributed by atoms with E-state index in [0.29, 0.717) is 0 Å². The molecule has 0 spiro atoms. The van der Waals surface area contributed by atoms with Gasteiger partial charge in [0.1, 0.15) is 0 Å². The van der Waals surface area contributed by atoms with Crippen LogP contribution in [0.25, 0.3) is 0 Å². The molecular formula is C7H16INP2. The molecule has 0 aliphatic carbocycles. The van der Waals surface area contributed by atoms with Crippen molar-refractivity contribution < 1.29 is 0 Å². The Hall–Kier alpha value is 1.00. The molecule has 0 aromatic rings. The van der Waals surface area contributed by atoms with Crippen molar-refractivity contribution in [3.05, 3.63) is 8.89 Å². The Bertz CT molecular complexity index is 160. The lowest BCUT2D eigenvalue weighted by Crippen LogP contribution is -1.84. The fourth-order valence-corrected chi connectivity index (χ4v) is 1.21. The molecule has 1 nitrogen and oxygen atoms in total. The van der Waals surface area contributed by atoms with Gasteiger partial charge in [0.25, 0.3) is 0 Å². The average molecular weight is 303 g/mol. The largest absolute Gasteiger partial charge is 0.288 e. The monoisotopic (exact) mass is 303 g/mol. The van der Waals surface area contributed by atoms with Gasteiger partial charge in [-0.3, -0.25) is 4.99 Å². The molecule has 0 heterocycles. The highest BCUT2D eigenvalue weighted by Crippen LogP contribution is 2.21. The molecule has 0 aliphatic rings. The van der Waals surface area contributed by atoms with Crippen LogP contribution in [0, 0.1) is 0 Å². The fourth-order valence-electron chi connectivity index (χ4n) is 0.297. The van der Waals surface area contributed by atoms with Gasteiger partial charge in [0.15, 0.2) is 0 Å². The highest BCUT2D eigenvalue weighted by atomic mass is 127. The average Bonchev–Trinajstić information content (AvgIpc) is 2.05. The first-order chi connectivity index (χ1) is 5.09. The van der Waals surface area contributed by atoms with Gasteiger partial charge in [-0.25, -0.2) is 0 Å². The molecule has 0 fully saturated rings. The van der Waals surface area contributed by atoms with Crippen LogP contribution < -0.4 is 0 Å². The topological polar surface area (TPSA) is 12.4 Å². The smallest absolute Gasteiger partial charge is 0.0588 e. The summed E-state index contributed by atoms with van der Waals surface area (Å²) < 4.78 is 1.26. The van der Waals surface area contributed by atoms with Gasteiger partial charge in [0, 0.05) is 12.4 Å². The summed E-state index contributed by atoms with van der Waals surface area (Å²) in [6.45, 7) is 6.05. The maximum absolute atomic E-state index is 4.01. The van der Waals surface area contributed by atoms with E-state index in [9.17, 15) is 0 Å². The molecule has 0 amide bonds. The van der Waals surface area contributed by atoms with Crippen LogP contribution in [0.15, 0.2) is 13.9 Å². The van der Waals surface area contributed by atoms with E-state index in [0.717, 1.165) is 5.45 Å². The van der Waals surface area contributed by atoms with E-state index in [1.807, 2.05) is 13.8 Å². The van der Waals surface area contributed by atoms with Gasteiger partial charge in [-0.1, -0.05) is 23.1 Å². The number of allylic oxidation sites excluding steroid dienone is 2. The van der Waals surface area contributed by atoms with Crippen LogP contribution in [-0.4, -0.2) is 12.5 Å². The quantitative estimate of drug-likeness (QED) is 0.400. The second-order valence-corrected chi connectivity index (χ2v) is 4.30. The van der Waals surface area contributed by atoms with Crippen LogP contribution in [0.5, 0.6) is 0 Å². The molecule has 0 saturated carbocycles. The summed E-state index contributed by atoms with van der Waals surface area (Å²) in [4.78, 5) is 4.01. The molecule has 2 atom stereocenters. The van der Waals surface area contributed by atoms with Crippen molar-refractivity contribution in [1.82, 2.24) is 0 Å². The summed E-state index contributed by atoms with van der Waals surface area (Å²) >= 11 is 2.27. The first-order valence-electron chi connectivity index (χ1n) is 3.44. The fraction of sp³-hybridized carbons (Fsp3) is 0.571. The van der Waals surface area contributed by atoms with Crippen LogP contribution in [0.3, 0.4) is 0 Å². The van der Waals surface area contributed by atoms with Crippen molar-refractivity contribution >= 4 is 46.5 Å². The molecule has 0 aromatic heterocycles. The number of aliphatic imine (C=N–C) groups is 1. The van der Waals surface area contributed by atoms with E-state index in [1.54, 1.807) is 7.05 Å². The highest BCUT2D eigenvalue weighted by Gasteiger charge is 1.95. The zero-order valence-electron chi connectivity index (χ0n) is 7.48. The molecule has 0 radical (unpaired) electrons. The highest BCUT2D eigenvalue weighted by molar-refractivity contribution is 14.1. The van der Waals surface area contributed by atoms with Gasteiger partial charge in [-0.15, -0.1) is 9.24 Å². The van der Waals surface area contributed by atoms with Gasteiger partial charge < -0.3 is 0 Å².